The zero-order valence-corrected chi connectivity index (χ0v) is 14.2. The first-order chi connectivity index (χ1) is 10.8. The van der Waals surface area contributed by atoms with Crippen molar-refractivity contribution >= 4 is 34.8 Å². The molecule has 3 nitrogen and oxygen atoms in total. The summed E-state index contributed by atoms with van der Waals surface area (Å²) in [6.07, 6.45) is 0. The quantitative estimate of drug-likeness (QED) is 0.452. The van der Waals surface area contributed by atoms with Gasteiger partial charge in [-0.15, -0.1) is 11.8 Å². The number of thioether (sulfide) groups is 1. The summed E-state index contributed by atoms with van der Waals surface area (Å²) in [5.74, 6) is 1.81. The van der Waals surface area contributed by atoms with E-state index in [9.17, 15) is 0 Å². The molecule has 0 saturated carbocycles. The van der Waals surface area contributed by atoms with E-state index in [0.717, 1.165) is 23.7 Å². The monoisotopic (exact) mass is 332 g/mol. The lowest BCUT2D eigenvalue weighted by Gasteiger charge is -2.11. The first-order valence-electron chi connectivity index (χ1n) is 7.23. The lowest BCUT2D eigenvalue weighted by molar-refractivity contribution is 0.340. The summed E-state index contributed by atoms with van der Waals surface area (Å²) in [4.78, 5) is 1.27. The van der Waals surface area contributed by atoms with Gasteiger partial charge in [0, 0.05) is 28.9 Å². The fraction of sp³-hybridized carbons (Fsp3) is 0.235. The minimum Gasteiger partial charge on any atom is -0.494 e. The van der Waals surface area contributed by atoms with Crippen LogP contribution in [0, 0.1) is 0 Å². The predicted molar refractivity (Wildman–Crippen MR) is 99.0 cm³/mol. The molecule has 0 aromatic heterocycles. The third-order valence-electron chi connectivity index (χ3n) is 2.80. The lowest BCUT2D eigenvalue weighted by atomic mass is 10.3. The summed E-state index contributed by atoms with van der Waals surface area (Å²) in [5, 5.41) is 7.01. The number of rotatable bonds is 7. The molecule has 0 aliphatic carbocycles. The molecule has 116 valence electrons. The van der Waals surface area contributed by atoms with E-state index in [4.69, 9.17) is 17.0 Å². The highest BCUT2D eigenvalue weighted by molar-refractivity contribution is 7.99. The van der Waals surface area contributed by atoms with Gasteiger partial charge in [0.25, 0.3) is 0 Å². The maximum Gasteiger partial charge on any atom is 0.170 e. The Kier molecular flexibility index (Phi) is 7.06. The third-order valence-corrected chi connectivity index (χ3v) is 4.06. The van der Waals surface area contributed by atoms with Gasteiger partial charge in [0.15, 0.2) is 5.11 Å². The van der Waals surface area contributed by atoms with E-state index in [1.807, 2.05) is 61.2 Å². The molecule has 0 saturated heterocycles. The Morgan fingerprint density at radius 1 is 1.14 bits per heavy atom. The summed E-state index contributed by atoms with van der Waals surface area (Å²) < 4.78 is 5.47. The van der Waals surface area contributed by atoms with Crippen LogP contribution in [0.1, 0.15) is 6.92 Å². The van der Waals surface area contributed by atoms with Crippen molar-refractivity contribution in [1.82, 2.24) is 5.32 Å². The van der Waals surface area contributed by atoms with E-state index < -0.39 is 0 Å². The topological polar surface area (TPSA) is 33.3 Å². The van der Waals surface area contributed by atoms with Crippen LogP contribution in [0.4, 0.5) is 5.69 Å². The van der Waals surface area contributed by atoms with Gasteiger partial charge < -0.3 is 15.4 Å². The van der Waals surface area contributed by atoms with Gasteiger partial charge in [-0.25, -0.2) is 0 Å². The van der Waals surface area contributed by atoms with Crippen LogP contribution in [-0.2, 0) is 0 Å². The Hall–Kier alpha value is -1.72. The smallest absolute Gasteiger partial charge is 0.170 e. The number of ether oxygens (including phenoxy) is 1. The highest BCUT2D eigenvalue weighted by Gasteiger charge is 2.00. The van der Waals surface area contributed by atoms with E-state index in [-0.39, 0.29) is 0 Å². The first-order valence-corrected chi connectivity index (χ1v) is 8.63. The molecule has 0 aliphatic rings. The van der Waals surface area contributed by atoms with Crippen LogP contribution in [-0.4, -0.2) is 24.0 Å². The van der Waals surface area contributed by atoms with Gasteiger partial charge in [-0.2, -0.15) is 0 Å². The van der Waals surface area contributed by atoms with Crippen LogP contribution in [0.15, 0.2) is 59.5 Å². The van der Waals surface area contributed by atoms with Gasteiger partial charge in [-0.05, 0) is 43.4 Å². The fourth-order valence-electron chi connectivity index (χ4n) is 1.86. The van der Waals surface area contributed by atoms with Gasteiger partial charge in [-0.1, -0.05) is 24.3 Å². The minimum absolute atomic E-state index is 0.627. The van der Waals surface area contributed by atoms with E-state index in [1.165, 1.54) is 4.90 Å². The van der Waals surface area contributed by atoms with Crippen LogP contribution in [0.25, 0.3) is 0 Å². The highest BCUT2D eigenvalue weighted by Crippen LogP contribution is 2.17. The number of thiocarbonyl (C=S) groups is 1. The Balaban J connectivity index is 1.70. The molecular formula is C17H20N2OS2. The molecule has 22 heavy (non-hydrogen) atoms. The van der Waals surface area contributed by atoms with Gasteiger partial charge in [0.05, 0.1) is 6.61 Å². The Bertz CT molecular complexity index is 590. The van der Waals surface area contributed by atoms with Crippen molar-refractivity contribution in [1.29, 1.82) is 0 Å². The summed E-state index contributed by atoms with van der Waals surface area (Å²) >= 11 is 7.11. The average Bonchev–Trinajstić information content (AvgIpc) is 2.53. The third kappa shape index (κ3) is 5.95. The van der Waals surface area contributed by atoms with E-state index in [0.29, 0.717) is 11.7 Å². The Morgan fingerprint density at radius 2 is 1.95 bits per heavy atom. The van der Waals surface area contributed by atoms with Crippen LogP contribution in [0.5, 0.6) is 5.75 Å². The highest BCUT2D eigenvalue weighted by atomic mass is 32.2. The second-order valence-corrected chi connectivity index (χ2v) is 6.08. The predicted octanol–water partition coefficient (Wildman–Crippen LogP) is 4.16. The first kappa shape index (κ1) is 16.6. The summed E-state index contributed by atoms with van der Waals surface area (Å²) in [5.41, 5.74) is 0.930. The van der Waals surface area contributed by atoms with Crippen LogP contribution in [0.2, 0.25) is 0 Å². The molecule has 0 bridgehead atoms. The Morgan fingerprint density at radius 3 is 2.73 bits per heavy atom. The van der Waals surface area contributed by atoms with Crippen molar-refractivity contribution in [3.05, 3.63) is 54.6 Å². The zero-order chi connectivity index (χ0) is 15.6. The molecule has 5 heteroatoms. The second-order valence-electron chi connectivity index (χ2n) is 4.50. The molecule has 2 aromatic carbocycles. The largest absolute Gasteiger partial charge is 0.494 e. The van der Waals surface area contributed by atoms with Crippen molar-refractivity contribution in [3.8, 4) is 5.75 Å². The number of hydrogen-bond acceptors (Lipinski definition) is 3. The molecule has 0 spiro atoms. The van der Waals surface area contributed by atoms with Crippen LogP contribution >= 0.6 is 24.0 Å². The molecule has 2 rings (SSSR count). The average molecular weight is 332 g/mol. The molecule has 0 aliphatic heterocycles. The van der Waals surface area contributed by atoms with Gasteiger partial charge in [-0.3, -0.25) is 0 Å². The number of benzene rings is 2. The van der Waals surface area contributed by atoms with E-state index in [2.05, 4.69) is 22.8 Å². The molecule has 0 fully saturated rings. The van der Waals surface area contributed by atoms with Crippen LogP contribution in [0.3, 0.4) is 0 Å². The zero-order valence-electron chi connectivity index (χ0n) is 12.5. The summed E-state index contributed by atoms with van der Waals surface area (Å²) in [7, 11) is 0. The van der Waals surface area contributed by atoms with E-state index >= 15 is 0 Å². The number of anilines is 1. The molecule has 2 N–H and O–H groups in total. The molecule has 0 atom stereocenters. The molecule has 0 unspecified atom stereocenters. The lowest BCUT2D eigenvalue weighted by Crippen LogP contribution is -2.30. The van der Waals surface area contributed by atoms with Crippen molar-refractivity contribution < 1.29 is 4.74 Å². The van der Waals surface area contributed by atoms with Crippen molar-refractivity contribution in [2.45, 2.75) is 11.8 Å². The maximum atomic E-state index is 5.47. The van der Waals surface area contributed by atoms with Crippen molar-refractivity contribution in [3.63, 3.8) is 0 Å². The van der Waals surface area contributed by atoms with Crippen molar-refractivity contribution in [2.24, 2.45) is 0 Å². The molecular weight excluding hydrogens is 312 g/mol. The van der Waals surface area contributed by atoms with Crippen molar-refractivity contribution in [2.75, 3.05) is 24.2 Å². The molecule has 0 heterocycles. The van der Waals surface area contributed by atoms with Gasteiger partial charge >= 0.3 is 0 Å². The SMILES string of the molecule is CCOc1cccc(NC(=S)NCCSc2ccccc2)c1. The standard InChI is InChI=1S/C17H20N2OS2/c1-2-20-15-8-6-7-14(13-15)19-17(21)18-11-12-22-16-9-4-3-5-10-16/h3-10,13H,2,11-12H2,1H3,(H2,18,19,21). The van der Waals surface area contributed by atoms with E-state index in [1.54, 1.807) is 0 Å². The maximum absolute atomic E-state index is 5.47. The van der Waals surface area contributed by atoms with Gasteiger partial charge in [0.2, 0.25) is 0 Å². The minimum atomic E-state index is 0.627. The fourth-order valence-corrected chi connectivity index (χ4v) is 2.87. The molecule has 0 radical (unpaired) electrons. The summed E-state index contributed by atoms with van der Waals surface area (Å²) in [6, 6.07) is 18.1. The Labute approximate surface area is 141 Å². The number of hydrogen-bond donors (Lipinski definition) is 2. The molecule has 2 aromatic rings. The van der Waals surface area contributed by atoms with Gasteiger partial charge in [0.1, 0.15) is 5.75 Å². The summed E-state index contributed by atoms with van der Waals surface area (Å²) in [6.45, 7) is 3.44. The van der Waals surface area contributed by atoms with Crippen LogP contribution < -0.4 is 15.4 Å². The number of nitrogens with one attached hydrogen (secondary N) is 2. The normalized spacial score (nSPS) is 10.0. The molecule has 0 amide bonds. The second kappa shape index (κ2) is 9.33.